The molecule has 6 nitrogen and oxygen atoms in total. The fourth-order valence-corrected chi connectivity index (χ4v) is 4.70. The van der Waals surface area contributed by atoms with Crippen LogP contribution in [0.15, 0.2) is 47.4 Å². The molecular weight excluding hydrogens is 390 g/mol. The molecule has 28 heavy (non-hydrogen) atoms. The van der Waals surface area contributed by atoms with Crippen LogP contribution in [-0.2, 0) is 14.8 Å². The molecule has 0 radical (unpaired) electrons. The van der Waals surface area contributed by atoms with Gasteiger partial charge < -0.3 is 10.1 Å². The molecule has 2 aromatic rings. The predicted molar refractivity (Wildman–Crippen MR) is 99.5 cm³/mol. The molecule has 150 valence electrons. The summed E-state index contributed by atoms with van der Waals surface area (Å²) in [6.45, 7) is 3.99. The molecule has 0 saturated carbocycles. The maximum absolute atomic E-state index is 13.7. The Balaban J connectivity index is 1.85. The Morgan fingerprint density at radius 1 is 1.11 bits per heavy atom. The third-order valence-corrected chi connectivity index (χ3v) is 6.12. The average Bonchev–Trinajstić information content (AvgIpc) is 2.64. The lowest BCUT2D eigenvalue weighted by Crippen LogP contribution is -2.48. The summed E-state index contributed by atoms with van der Waals surface area (Å²) in [4.78, 5) is 12.4. The first kappa shape index (κ1) is 20.4. The molecule has 1 aliphatic heterocycles. The lowest BCUT2D eigenvalue weighted by molar-refractivity contribution is -0.0440. The van der Waals surface area contributed by atoms with Gasteiger partial charge in [0.1, 0.15) is 11.6 Å². The van der Waals surface area contributed by atoms with Crippen molar-refractivity contribution in [3.8, 4) is 0 Å². The third-order valence-electron chi connectivity index (χ3n) is 4.30. The number of benzene rings is 2. The van der Waals surface area contributed by atoms with Crippen LogP contribution >= 0.6 is 0 Å². The largest absolute Gasteiger partial charge is 0.373 e. The number of hydrogen-bond acceptors (Lipinski definition) is 4. The summed E-state index contributed by atoms with van der Waals surface area (Å²) in [5.41, 5.74) is -0.312. The molecule has 1 amide bonds. The molecule has 1 fully saturated rings. The molecule has 0 bridgehead atoms. The highest BCUT2D eigenvalue weighted by atomic mass is 32.2. The summed E-state index contributed by atoms with van der Waals surface area (Å²) in [5.74, 6) is -2.25. The summed E-state index contributed by atoms with van der Waals surface area (Å²) in [6.07, 6.45) is -0.498. The maximum atomic E-state index is 13.7. The number of nitrogens with zero attached hydrogens (tertiary/aromatic N) is 1. The van der Waals surface area contributed by atoms with E-state index in [2.05, 4.69) is 5.32 Å². The maximum Gasteiger partial charge on any atom is 0.255 e. The normalized spacial score (nSPS) is 20.7. The highest BCUT2D eigenvalue weighted by molar-refractivity contribution is 7.89. The molecular formula is C19H20F2N2O4S. The Kier molecular flexibility index (Phi) is 5.78. The van der Waals surface area contributed by atoms with Crippen molar-refractivity contribution in [2.45, 2.75) is 31.0 Å². The number of nitrogens with one attached hydrogen (secondary N) is 1. The van der Waals surface area contributed by atoms with Gasteiger partial charge in [0.2, 0.25) is 10.0 Å². The molecule has 3 rings (SSSR count). The van der Waals surface area contributed by atoms with E-state index in [1.807, 2.05) is 0 Å². The Morgan fingerprint density at radius 2 is 1.79 bits per heavy atom. The van der Waals surface area contributed by atoms with Crippen LogP contribution in [-0.4, -0.2) is 43.9 Å². The van der Waals surface area contributed by atoms with Crippen LogP contribution in [0, 0.1) is 11.6 Å². The van der Waals surface area contributed by atoms with Crippen molar-refractivity contribution in [2.24, 2.45) is 0 Å². The minimum Gasteiger partial charge on any atom is -0.373 e. The van der Waals surface area contributed by atoms with E-state index in [-0.39, 0.29) is 41.4 Å². The van der Waals surface area contributed by atoms with Crippen molar-refractivity contribution >= 4 is 21.6 Å². The van der Waals surface area contributed by atoms with E-state index >= 15 is 0 Å². The molecule has 0 unspecified atom stereocenters. The molecule has 9 heteroatoms. The lowest BCUT2D eigenvalue weighted by atomic mass is 10.2. The summed E-state index contributed by atoms with van der Waals surface area (Å²) in [5, 5.41) is 2.26. The predicted octanol–water partition coefficient (Wildman–Crippen LogP) is 3.02. The number of morpholine rings is 1. The number of hydrogen-bond donors (Lipinski definition) is 1. The van der Waals surface area contributed by atoms with Crippen molar-refractivity contribution in [1.82, 2.24) is 4.31 Å². The molecule has 0 aromatic heterocycles. The van der Waals surface area contributed by atoms with Gasteiger partial charge in [0.25, 0.3) is 5.91 Å². The summed E-state index contributed by atoms with van der Waals surface area (Å²) in [6, 6.07) is 8.11. The monoisotopic (exact) mass is 410 g/mol. The molecule has 2 atom stereocenters. The first-order valence-corrected chi connectivity index (χ1v) is 10.1. The standard InChI is InChI=1S/C19H20F2N2O4S/c1-12-10-23(11-13(2)27-12)28(25,26)16-5-3-4-14(8-16)19(24)22-18-9-15(20)6-7-17(18)21/h3-9,12-13H,10-11H2,1-2H3,(H,22,24)/t12-,13+. The topological polar surface area (TPSA) is 75.7 Å². The molecule has 1 saturated heterocycles. The van der Waals surface area contributed by atoms with E-state index < -0.39 is 27.6 Å². The fraction of sp³-hybridized carbons (Fsp3) is 0.316. The number of rotatable bonds is 4. The average molecular weight is 410 g/mol. The van der Waals surface area contributed by atoms with Crippen LogP contribution in [0.25, 0.3) is 0 Å². The van der Waals surface area contributed by atoms with E-state index in [0.717, 1.165) is 18.2 Å². The summed E-state index contributed by atoms with van der Waals surface area (Å²) >= 11 is 0. The second kappa shape index (κ2) is 7.94. The zero-order chi connectivity index (χ0) is 20.5. The second-order valence-corrected chi connectivity index (χ2v) is 8.62. The van der Waals surface area contributed by atoms with E-state index in [9.17, 15) is 22.0 Å². The minimum absolute atomic E-state index is 0.0130. The first-order chi connectivity index (χ1) is 13.2. The highest BCUT2D eigenvalue weighted by Crippen LogP contribution is 2.23. The van der Waals surface area contributed by atoms with E-state index in [0.29, 0.717) is 0 Å². The van der Waals surface area contributed by atoms with Gasteiger partial charge in [-0.3, -0.25) is 4.79 Å². The molecule has 0 spiro atoms. The fourth-order valence-electron chi connectivity index (χ4n) is 3.06. The lowest BCUT2D eigenvalue weighted by Gasteiger charge is -2.34. The summed E-state index contributed by atoms with van der Waals surface area (Å²) in [7, 11) is -3.83. The molecule has 1 aliphatic rings. The Bertz CT molecular complexity index is 987. The number of anilines is 1. The number of ether oxygens (including phenoxy) is 1. The van der Waals surface area contributed by atoms with Crippen LogP contribution in [0.5, 0.6) is 0 Å². The van der Waals surface area contributed by atoms with Crippen LogP contribution in [0.2, 0.25) is 0 Å². The van der Waals surface area contributed by atoms with E-state index in [4.69, 9.17) is 4.74 Å². The summed E-state index contributed by atoms with van der Waals surface area (Å²) < 4.78 is 59.8. The van der Waals surface area contributed by atoms with Gasteiger partial charge in [0, 0.05) is 24.7 Å². The Labute approximate surface area is 162 Å². The number of halogens is 2. The molecule has 1 N–H and O–H groups in total. The van der Waals surface area contributed by atoms with Gasteiger partial charge in [0.15, 0.2) is 0 Å². The molecule has 0 aliphatic carbocycles. The smallest absolute Gasteiger partial charge is 0.255 e. The van der Waals surface area contributed by atoms with Crippen molar-refractivity contribution in [1.29, 1.82) is 0 Å². The van der Waals surface area contributed by atoms with Crippen LogP contribution in [0.3, 0.4) is 0 Å². The Hall–Kier alpha value is -2.36. The number of amides is 1. The van der Waals surface area contributed by atoms with Gasteiger partial charge in [0.05, 0.1) is 22.8 Å². The number of sulfonamides is 1. The van der Waals surface area contributed by atoms with Gasteiger partial charge in [-0.1, -0.05) is 6.07 Å². The van der Waals surface area contributed by atoms with Crippen molar-refractivity contribution in [3.05, 3.63) is 59.7 Å². The van der Waals surface area contributed by atoms with Crippen molar-refractivity contribution in [2.75, 3.05) is 18.4 Å². The molecule has 1 heterocycles. The zero-order valence-corrected chi connectivity index (χ0v) is 16.2. The van der Waals surface area contributed by atoms with Crippen LogP contribution in [0.1, 0.15) is 24.2 Å². The minimum atomic E-state index is -3.83. The van der Waals surface area contributed by atoms with Gasteiger partial charge in [-0.15, -0.1) is 0 Å². The molecule has 2 aromatic carbocycles. The van der Waals surface area contributed by atoms with Crippen LogP contribution in [0.4, 0.5) is 14.5 Å². The van der Waals surface area contributed by atoms with Gasteiger partial charge in [-0.2, -0.15) is 4.31 Å². The highest BCUT2D eigenvalue weighted by Gasteiger charge is 2.32. The quantitative estimate of drug-likeness (QED) is 0.841. The van der Waals surface area contributed by atoms with Gasteiger partial charge >= 0.3 is 0 Å². The second-order valence-electron chi connectivity index (χ2n) is 6.69. The number of carbonyl (C=O) groups is 1. The van der Waals surface area contributed by atoms with Crippen molar-refractivity contribution in [3.63, 3.8) is 0 Å². The van der Waals surface area contributed by atoms with E-state index in [1.54, 1.807) is 13.8 Å². The van der Waals surface area contributed by atoms with Crippen LogP contribution < -0.4 is 5.32 Å². The van der Waals surface area contributed by atoms with Gasteiger partial charge in [-0.05, 0) is 44.2 Å². The zero-order valence-electron chi connectivity index (χ0n) is 15.4. The third kappa shape index (κ3) is 4.37. The van der Waals surface area contributed by atoms with Crippen molar-refractivity contribution < 1.29 is 26.7 Å². The Morgan fingerprint density at radius 3 is 2.46 bits per heavy atom. The number of carbonyl (C=O) groups excluding carboxylic acids is 1. The SMILES string of the molecule is C[C@@H]1CN(S(=O)(=O)c2cccc(C(=O)Nc3cc(F)ccc3F)c2)C[C@H](C)O1. The van der Waals surface area contributed by atoms with Gasteiger partial charge in [-0.25, -0.2) is 17.2 Å². The van der Waals surface area contributed by atoms with E-state index in [1.165, 1.54) is 28.6 Å². The first-order valence-electron chi connectivity index (χ1n) is 8.69.